The second-order valence-electron chi connectivity index (χ2n) is 5.43. The van der Waals surface area contributed by atoms with Crippen LogP contribution in [0.5, 0.6) is 5.75 Å². The van der Waals surface area contributed by atoms with Crippen LogP contribution in [-0.4, -0.2) is 13.2 Å². The van der Waals surface area contributed by atoms with Crippen molar-refractivity contribution in [2.45, 2.75) is 26.3 Å². The van der Waals surface area contributed by atoms with Crippen molar-refractivity contribution >= 4 is 11.6 Å². The van der Waals surface area contributed by atoms with Gasteiger partial charge in [-0.2, -0.15) is 0 Å². The Bertz CT molecular complexity index is 654. The van der Waals surface area contributed by atoms with Crippen LogP contribution in [0.4, 0.5) is 0 Å². The van der Waals surface area contributed by atoms with Crippen LogP contribution in [-0.2, 0) is 6.42 Å². The van der Waals surface area contributed by atoms with E-state index >= 15 is 0 Å². The first kappa shape index (κ1) is 14.4. The quantitative estimate of drug-likeness (QED) is 0.910. The molecule has 0 fully saturated rings. The van der Waals surface area contributed by atoms with E-state index in [1.54, 1.807) is 0 Å². The maximum atomic E-state index is 6.21. The second kappa shape index (κ2) is 6.08. The molecular weight excluding hydrogens is 282 g/mol. The lowest BCUT2D eigenvalue weighted by Crippen LogP contribution is -2.23. The Morgan fingerprint density at radius 3 is 2.90 bits per heavy atom. The van der Waals surface area contributed by atoms with Crippen LogP contribution in [0.3, 0.4) is 0 Å². The summed E-state index contributed by atoms with van der Waals surface area (Å²) in [5.41, 5.74) is 4.96. The van der Waals surface area contributed by atoms with Crippen LogP contribution in [0, 0.1) is 6.92 Å². The molecule has 2 nitrogen and oxygen atoms in total. The van der Waals surface area contributed by atoms with Crippen molar-refractivity contribution in [1.29, 1.82) is 0 Å². The van der Waals surface area contributed by atoms with Crippen LogP contribution < -0.4 is 10.1 Å². The summed E-state index contributed by atoms with van der Waals surface area (Å²) in [5, 5.41) is 4.34. The van der Waals surface area contributed by atoms with E-state index in [1.807, 2.05) is 6.07 Å². The Morgan fingerprint density at radius 2 is 2.10 bits per heavy atom. The molecule has 1 heterocycles. The molecule has 1 aliphatic heterocycles. The van der Waals surface area contributed by atoms with Gasteiger partial charge >= 0.3 is 0 Å². The smallest absolute Gasteiger partial charge is 0.127 e. The zero-order valence-corrected chi connectivity index (χ0v) is 13.2. The van der Waals surface area contributed by atoms with Crippen molar-refractivity contribution in [2.75, 3.05) is 13.2 Å². The van der Waals surface area contributed by atoms with Gasteiger partial charge in [0.05, 0.1) is 12.6 Å². The number of nitrogens with one attached hydrogen (secondary N) is 1. The largest absolute Gasteiger partial charge is 0.493 e. The number of hydrogen-bond acceptors (Lipinski definition) is 2. The van der Waals surface area contributed by atoms with Gasteiger partial charge in [0.25, 0.3) is 0 Å². The summed E-state index contributed by atoms with van der Waals surface area (Å²) in [6.07, 6.45) is 0.997. The van der Waals surface area contributed by atoms with Crippen molar-refractivity contribution in [3.8, 4) is 5.75 Å². The molecule has 0 aliphatic carbocycles. The molecule has 3 heteroatoms. The number of benzene rings is 2. The maximum absolute atomic E-state index is 6.21. The normalized spacial score (nSPS) is 14.6. The van der Waals surface area contributed by atoms with Gasteiger partial charge in [-0.3, -0.25) is 0 Å². The summed E-state index contributed by atoms with van der Waals surface area (Å²) in [5.74, 6) is 1.04. The standard InChI is InChI=1S/C18H20ClNO/c1-3-20-17(16-11-14(19)8-7-12(16)2)15-6-4-5-13-9-10-21-18(13)15/h4-8,11,17,20H,3,9-10H2,1-2H3. The Labute approximate surface area is 131 Å². The maximum Gasteiger partial charge on any atom is 0.127 e. The van der Waals surface area contributed by atoms with Crippen LogP contribution in [0.15, 0.2) is 36.4 Å². The Hall–Kier alpha value is -1.51. The molecule has 3 rings (SSSR count). The minimum atomic E-state index is 0.113. The van der Waals surface area contributed by atoms with Crippen LogP contribution >= 0.6 is 11.6 Å². The zero-order chi connectivity index (χ0) is 14.8. The third-order valence-electron chi connectivity index (χ3n) is 4.02. The summed E-state index contributed by atoms with van der Waals surface area (Å²) < 4.78 is 5.88. The second-order valence-corrected chi connectivity index (χ2v) is 5.86. The first-order chi connectivity index (χ1) is 10.2. The van der Waals surface area contributed by atoms with Gasteiger partial charge in [0.1, 0.15) is 5.75 Å². The molecule has 21 heavy (non-hydrogen) atoms. The van der Waals surface area contributed by atoms with Gasteiger partial charge in [-0.25, -0.2) is 0 Å². The molecule has 2 aromatic rings. The number of ether oxygens (including phenoxy) is 1. The van der Waals surface area contributed by atoms with Crippen LogP contribution in [0.2, 0.25) is 5.02 Å². The molecule has 0 saturated heterocycles. The molecular formula is C18H20ClNO. The van der Waals surface area contributed by atoms with E-state index in [-0.39, 0.29) is 6.04 Å². The molecule has 0 spiro atoms. The van der Waals surface area contributed by atoms with Gasteiger partial charge in [-0.1, -0.05) is 42.8 Å². The van der Waals surface area contributed by atoms with Gasteiger partial charge in [0.15, 0.2) is 0 Å². The summed E-state index contributed by atoms with van der Waals surface area (Å²) in [4.78, 5) is 0. The third-order valence-corrected chi connectivity index (χ3v) is 4.25. The molecule has 1 unspecified atom stereocenters. The molecule has 110 valence electrons. The van der Waals surface area contributed by atoms with Gasteiger partial charge in [0, 0.05) is 17.0 Å². The topological polar surface area (TPSA) is 21.3 Å². The van der Waals surface area contributed by atoms with Gasteiger partial charge in [-0.05, 0) is 42.3 Å². The van der Waals surface area contributed by atoms with Crippen molar-refractivity contribution in [3.63, 3.8) is 0 Å². The van der Waals surface area contributed by atoms with E-state index in [0.717, 1.165) is 30.3 Å². The van der Waals surface area contributed by atoms with E-state index < -0.39 is 0 Å². The highest BCUT2D eigenvalue weighted by Gasteiger charge is 2.24. The highest BCUT2D eigenvalue weighted by Crippen LogP contribution is 2.37. The minimum Gasteiger partial charge on any atom is -0.493 e. The van der Waals surface area contributed by atoms with Crippen molar-refractivity contribution in [1.82, 2.24) is 5.32 Å². The molecule has 1 atom stereocenters. The predicted octanol–water partition coefficient (Wildman–Crippen LogP) is 4.28. The van der Waals surface area contributed by atoms with Crippen LogP contribution in [0.25, 0.3) is 0 Å². The van der Waals surface area contributed by atoms with Crippen LogP contribution in [0.1, 0.15) is 35.2 Å². The van der Waals surface area contributed by atoms with Gasteiger partial charge in [0.2, 0.25) is 0 Å². The van der Waals surface area contributed by atoms with Crippen molar-refractivity contribution in [2.24, 2.45) is 0 Å². The molecule has 2 aromatic carbocycles. The van der Waals surface area contributed by atoms with E-state index in [1.165, 1.54) is 22.3 Å². The lowest BCUT2D eigenvalue weighted by molar-refractivity contribution is 0.350. The summed E-state index contributed by atoms with van der Waals surface area (Å²) >= 11 is 6.21. The molecule has 0 aromatic heterocycles. The van der Waals surface area contributed by atoms with E-state index in [9.17, 15) is 0 Å². The van der Waals surface area contributed by atoms with E-state index in [0.29, 0.717) is 0 Å². The Balaban J connectivity index is 2.10. The van der Waals surface area contributed by atoms with Crippen molar-refractivity contribution < 1.29 is 4.74 Å². The monoisotopic (exact) mass is 301 g/mol. The minimum absolute atomic E-state index is 0.113. The highest BCUT2D eigenvalue weighted by atomic mass is 35.5. The number of aryl methyl sites for hydroxylation is 1. The Morgan fingerprint density at radius 1 is 1.24 bits per heavy atom. The molecule has 0 saturated carbocycles. The lowest BCUT2D eigenvalue weighted by atomic mass is 9.93. The molecule has 0 radical (unpaired) electrons. The summed E-state index contributed by atoms with van der Waals surface area (Å²) in [6, 6.07) is 12.6. The molecule has 1 N–H and O–H groups in total. The number of fused-ring (bicyclic) bond motifs is 1. The fourth-order valence-corrected chi connectivity index (χ4v) is 3.16. The number of rotatable bonds is 4. The van der Waals surface area contributed by atoms with Gasteiger partial charge < -0.3 is 10.1 Å². The SMILES string of the molecule is CCNC(c1cc(Cl)ccc1C)c1cccc2c1OCC2. The number of para-hydroxylation sites is 1. The number of hydrogen-bond donors (Lipinski definition) is 1. The molecule has 1 aliphatic rings. The molecule has 0 bridgehead atoms. The van der Waals surface area contributed by atoms with E-state index in [2.05, 4.69) is 49.5 Å². The Kier molecular flexibility index (Phi) is 4.18. The third kappa shape index (κ3) is 2.78. The lowest BCUT2D eigenvalue weighted by Gasteiger charge is -2.23. The molecule has 0 amide bonds. The summed E-state index contributed by atoms with van der Waals surface area (Å²) in [7, 11) is 0. The first-order valence-electron chi connectivity index (χ1n) is 7.44. The average molecular weight is 302 g/mol. The van der Waals surface area contributed by atoms with Gasteiger partial charge in [-0.15, -0.1) is 0 Å². The number of halogens is 1. The predicted molar refractivity (Wildman–Crippen MR) is 87.3 cm³/mol. The fraction of sp³-hybridized carbons (Fsp3) is 0.333. The van der Waals surface area contributed by atoms with E-state index in [4.69, 9.17) is 16.3 Å². The fourth-order valence-electron chi connectivity index (χ4n) is 2.98. The highest BCUT2D eigenvalue weighted by molar-refractivity contribution is 6.30. The zero-order valence-electron chi connectivity index (χ0n) is 12.4. The summed E-state index contributed by atoms with van der Waals surface area (Å²) in [6.45, 7) is 5.91. The average Bonchev–Trinajstić information content (AvgIpc) is 2.96. The van der Waals surface area contributed by atoms with Crippen molar-refractivity contribution in [3.05, 3.63) is 63.7 Å². The first-order valence-corrected chi connectivity index (χ1v) is 7.82.